The maximum Gasteiger partial charge on any atom is 0.261 e. The van der Waals surface area contributed by atoms with Gasteiger partial charge in [0.25, 0.3) is 10.0 Å². The van der Waals surface area contributed by atoms with Gasteiger partial charge in [-0.25, -0.2) is 8.42 Å². The van der Waals surface area contributed by atoms with E-state index in [9.17, 15) is 13.0 Å². The standard InChI is InChI=1S/C25H30NO3PS/c1-18-14-16-21(17-15-18)31(28,29)26-22-12-9-11-20(3)24(22)30(27,25(4,5)6)23-13-8-7-10-19(23)2/h7-17,26H,1-6H3/t30-/m1/s1. The molecule has 0 spiro atoms. The number of benzene rings is 3. The van der Waals surface area contributed by atoms with Gasteiger partial charge in [0.2, 0.25) is 0 Å². The molecule has 164 valence electrons. The van der Waals surface area contributed by atoms with Crippen molar-refractivity contribution < 1.29 is 13.0 Å². The van der Waals surface area contributed by atoms with Crippen LogP contribution in [0.5, 0.6) is 0 Å². The summed E-state index contributed by atoms with van der Waals surface area (Å²) in [6.07, 6.45) is 0. The summed E-state index contributed by atoms with van der Waals surface area (Å²) in [5.41, 5.74) is 3.07. The molecule has 0 saturated heterocycles. The van der Waals surface area contributed by atoms with Gasteiger partial charge in [0.15, 0.2) is 7.14 Å². The Morgan fingerprint density at radius 3 is 1.94 bits per heavy atom. The molecule has 0 fully saturated rings. The number of aryl methyl sites for hydroxylation is 3. The van der Waals surface area contributed by atoms with Gasteiger partial charge in [-0.2, -0.15) is 0 Å². The van der Waals surface area contributed by atoms with Crippen molar-refractivity contribution in [2.45, 2.75) is 51.6 Å². The third-order valence-corrected chi connectivity index (χ3v) is 11.2. The molecule has 4 nitrogen and oxygen atoms in total. The maximum absolute atomic E-state index is 14.9. The molecule has 0 aliphatic carbocycles. The molecule has 0 aliphatic rings. The second-order valence-corrected chi connectivity index (χ2v) is 14.1. The third-order valence-electron chi connectivity index (χ3n) is 5.53. The molecule has 3 rings (SSSR count). The second kappa shape index (κ2) is 8.29. The Morgan fingerprint density at radius 2 is 1.35 bits per heavy atom. The van der Waals surface area contributed by atoms with E-state index in [0.29, 0.717) is 11.0 Å². The minimum absolute atomic E-state index is 0.173. The molecular weight excluding hydrogens is 425 g/mol. The summed E-state index contributed by atoms with van der Waals surface area (Å²) in [4.78, 5) is 0.173. The van der Waals surface area contributed by atoms with E-state index in [-0.39, 0.29) is 4.90 Å². The fourth-order valence-electron chi connectivity index (χ4n) is 3.81. The van der Waals surface area contributed by atoms with Gasteiger partial charge in [0, 0.05) is 15.8 Å². The summed E-state index contributed by atoms with van der Waals surface area (Å²) < 4.78 is 44.0. The van der Waals surface area contributed by atoms with Crippen molar-refractivity contribution >= 4 is 33.5 Å². The highest BCUT2D eigenvalue weighted by Gasteiger charge is 2.43. The fourth-order valence-corrected chi connectivity index (χ4v) is 8.50. The van der Waals surface area contributed by atoms with Crippen molar-refractivity contribution in [1.82, 2.24) is 0 Å². The van der Waals surface area contributed by atoms with Crippen molar-refractivity contribution in [3.8, 4) is 0 Å². The molecule has 6 heteroatoms. The van der Waals surface area contributed by atoms with Gasteiger partial charge >= 0.3 is 0 Å². The molecule has 3 aromatic rings. The Kier molecular flexibility index (Phi) is 6.23. The highest BCUT2D eigenvalue weighted by molar-refractivity contribution is 7.93. The van der Waals surface area contributed by atoms with Gasteiger partial charge in [-0.1, -0.05) is 74.9 Å². The van der Waals surface area contributed by atoms with E-state index in [1.807, 2.05) is 71.9 Å². The van der Waals surface area contributed by atoms with Crippen LogP contribution in [0, 0.1) is 20.8 Å². The lowest BCUT2D eigenvalue weighted by molar-refractivity contribution is 0.563. The molecule has 31 heavy (non-hydrogen) atoms. The Morgan fingerprint density at radius 1 is 0.774 bits per heavy atom. The number of rotatable bonds is 5. The highest BCUT2D eigenvalue weighted by atomic mass is 32.2. The van der Waals surface area contributed by atoms with E-state index in [2.05, 4.69) is 4.72 Å². The molecule has 1 atom stereocenters. The van der Waals surface area contributed by atoms with Crippen molar-refractivity contribution in [3.63, 3.8) is 0 Å². The number of hydrogen-bond acceptors (Lipinski definition) is 3. The average Bonchev–Trinajstić information content (AvgIpc) is 2.67. The first-order valence-electron chi connectivity index (χ1n) is 10.2. The van der Waals surface area contributed by atoms with Crippen LogP contribution in [0.2, 0.25) is 0 Å². The van der Waals surface area contributed by atoms with E-state index < -0.39 is 22.3 Å². The summed E-state index contributed by atoms with van der Waals surface area (Å²) in [6, 6.07) is 19.7. The first kappa shape index (κ1) is 23.3. The molecule has 0 radical (unpaired) electrons. The Labute approximate surface area is 186 Å². The lowest BCUT2D eigenvalue weighted by Gasteiger charge is -2.35. The van der Waals surface area contributed by atoms with Crippen molar-refractivity contribution in [2.24, 2.45) is 0 Å². The van der Waals surface area contributed by atoms with E-state index in [0.717, 1.165) is 22.0 Å². The maximum atomic E-state index is 14.9. The topological polar surface area (TPSA) is 63.2 Å². The number of anilines is 1. The normalized spacial score (nSPS) is 14.1. The molecule has 0 aliphatic heterocycles. The van der Waals surface area contributed by atoms with E-state index in [1.165, 1.54) is 0 Å². The molecule has 0 aromatic heterocycles. The summed E-state index contributed by atoms with van der Waals surface area (Å²) in [7, 11) is -7.07. The van der Waals surface area contributed by atoms with E-state index in [1.54, 1.807) is 36.4 Å². The highest BCUT2D eigenvalue weighted by Crippen LogP contribution is 2.58. The molecule has 0 bridgehead atoms. The number of sulfonamides is 1. The van der Waals surface area contributed by atoms with Crippen LogP contribution in [0.15, 0.2) is 71.6 Å². The van der Waals surface area contributed by atoms with Gasteiger partial charge < -0.3 is 4.57 Å². The molecule has 0 unspecified atom stereocenters. The Balaban J connectivity index is 2.26. The van der Waals surface area contributed by atoms with Crippen molar-refractivity contribution in [2.75, 3.05) is 4.72 Å². The van der Waals surface area contributed by atoms with Crippen LogP contribution in [-0.2, 0) is 14.6 Å². The lowest BCUT2D eigenvalue weighted by Crippen LogP contribution is -2.35. The molecule has 0 saturated carbocycles. The number of hydrogen-bond donors (Lipinski definition) is 1. The Hall–Kier alpha value is -2.36. The zero-order valence-corrected chi connectivity index (χ0v) is 20.6. The second-order valence-electron chi connectivity index (χ2n) is 8.96. The molecule has 3 aromatic carbocycles. The van der Waals surface area contributed by atoms with Crippen LogP contribution >= 0.6 is 7.14 Å². The van der Waals surface area contributed by atoms with Gasteiger partial charge in [-0.15, -0.1) is 0 Å². The zero-order valence-electron chi connectivity index (χ0n) is 18.9. The molecular formula is C25H30NO3PS. The predicted octanol–water partition coefficient (Wildman–Crippen LogP) is 5.53. The summed E-state index contributed by atoms with van der Waals surface area (Å²) in [5, 5.41) is 0.704. The largest absolute Gasteiger partial charge is 0.313 e. The number of nitrogens with one attached hydrogen (secondary N) is 1. The lowest BCUT2D eigenvalue weighted by atomic mass is 10.2. The average molecular weight is 456 g/mol. The molecule has 0 amide bonds. The molecule has 0 heterocycles. The first-order chi connectivity index (χ1) is 14.4. The van der Waals surface area contributed by atoms with Crippen LogP contribution in [0.4, 0.5) is 5.69 Å². The quantitative estimate of drug-likeness (QED) is 0.515. The van der Waals surface area contributed by atoms with E-state index >= 15 is 0 Å². The minimum atomic E-state index is -3.84. The summed E-state index contributed by atoms with van der Waals surface area (Å²) in [6.45, 7) is 11.6. The molecule has 1 N–H and O–H groups in total. The monoisotopic (exact) mass is 455 g/mol. The van der Waals surface area contributed by atoms with Gasteiger partial charge in [0.1, 0.15) is 0 Å². The zero-order chi connectivity index (χ0) is 23.0. The van der Waals surface area contributed by atoms with Gasteiger partial charge in [-0.05, 0) is 50.1 Å². The SMILES string of the molecule is Cc1ccc(S(=O)(=O)Nc2cccc(C)c2[P@](=O)(c2ccccc2C)C(C)(C)C)cc1. The predicted molar refractivity (Wildman–Crippen MR) is 131 cm³/mol. The van der Waals surface area contributed by atoms with Gasteiger partial charge in [0.05, 0.1) is 10.6 Å². The Bertz CT molecular complexity index is 1260. The first-order valence-corrected chi connectivity index (χ1v) is 13.4. The van der Waals surface area contributed by atoms with Crippen LogP contribution in [-0.4, -0.2) is 13.6 Å². The van der Waals surface area contributed by atoms with Crippen molar-refractivity contribution in [3.05, 3.63) is 83.4 Å². The fraction of sp³-hybridized carbons (Fsp3) is 0.280. The van der Waals surface area contributed by atoms with Crippen LogP contribution in [0.1, 0.15) is 37.5 Å². The van der Waals surface area contributed by atoms with Crippen LogP contribution < -0.4 is 15.3 Å². The van der Waals surface area contributed by atoms with Crippen molar-refractivity contribution in [1.29, 1.82) is 0 Å². The van der Waals surface area contributed by atoms with Gasteiger partial charge in [-0.3, -0.25) is 4.72 Å². The third kappa shape index (κ3) is 4.35. The van der Waals surface area contributed by atoms with E-state index in [4.69, 9.17) is 0 Å². The summed E-state index contributed by atoms with van der Waals surface area (Å²) >= 11 is 0. The smallest absolute Gasteiger partial charge is 0.261 e. The minimum Gasteiger partial charge on any atom is -0.313 e. The van der Waals surface area contributed by atoms with Crippen LogP contribution in [0.3, 0.4) is 0 Å². The summed E-state index contributed by atoms with van der Waals surface area (Å²) in [5.74, 6) is 0. The van der Waals surface area contributed by atoms with Crippen LogP contribution in [0.25, 0.3) is 0 Å².